The average Bonchev–Trinajstić information content (AvgIpc) is 2.16. The van der Waals surface area contributed by atoms with Gasteiger partial charge in [-0.15, -0.1) is 11.6 Å². The Balaban J connectivity index is 2.59. The normalized spacial score (nSPS) is 12.6. The lowest BCUT2D eigenvalue weighted by molar-refractivity contribution is 0.211. The molecule has 0 radical (unpaired) electrons. The number of halogens is 2. The van der Waals surface area contributed by atoms with Crippen molar-refractivity contribution in [1.29, 1.82) is 0 Å². The van der Waals surface area contributed by atoms with Crippen LogP contribution < -0.4 is 5.32 Å². The summed E-state index contributed by atoms with van der Waals surface area (Å²) in [5.74, 6) is 0.219. The lowest BCUT2D eigenvalue weighted by Crippen LogP contribution is -2.20. The summed E-state index contributed by atoms with van der Waals surface area (Å²) < 4.78 is 0. The van der Waals surface area contributed by atoms with Gasteiger partial charge in [0.2, 0.25) is 0 Å². The fraction of sp³-hybridized carbons (Fsp3) is 0.400. The van der Waals surface area contributed by atoms with E-state index < -0.39 is 6.10 Å². The molecule has 0 fully saturated rings. The number of aliphatic hydroxyl groups excluding tert-OH is 1. The molecule has 1 atom stereocenters. The minimum atomic E-state index is -0.547. The molecular weight excluding hydrogens is 221 g/mol. The van der Waals surface area contributed by atoms with E-state index in [0.717, 1.165) is 11.3 Å². The molecule has 0 aliphatic rings. The Hall–Kier alpha value is -0.440. The third-order valence-electron chi connectivity index (χ3n) is 1.83. The number of nitrogens with one attached hydrogen (secondary N) is 1. The molecule has 0 aliphatic heterocycles. The summed E-state index contributed by atoms with van der Waals surface area (Å²) in [6, 6.07) is 5.72. The van der Waals surface area contributed by atoms with E-state index in [4.69, 9.17) is 23.2 Å². The predicted molar refractivity (Wildman–Crippen MR) is 61.4 cm³/mol. The van der Waals surface area contributed by atoms with Crippen molar-refractivity contribution in [3.8, 4) is 0 Å². The molecule has 14 heavy (non-hydrogen) atoms. The van der Waals surface area contributed by atoms with Crippen LogP contribution in [0.15, 0.2) is 18.2 Å². The van der Waals surface area contributed by atoms with Gasteiger partial charge in [-0.25, -0.2) is 0 Å². The van der Waals surface area contributed by atoms with Crippen molar-refractivity contribution in [1.82, 2.24) is 0 Å². The maximum absolute atomic E-state index is 9.23. The van der Waals surface area contributed by atoms with Gasteiger partial charge in [0.15, 0.2) is 0 Å². The second-order valence-corrected chi connectivity index (χ2v) is 3.89. The standard InChI is InChI=1S/C10H13Cl2NO/c1-7-2-3-10(9(12)4-7)13-6-8(14)5-11/h2-4,8,13-14H,5-6H2,1H3. The van der Waals surface area contributed by atoms with E-state index in [0.29, 0.717) is 11.6 Å². The van der Waals surface area contributed by atoms with Crippen LogP contribution in [0.1, 0.15) is 5.56 Å². The topological polar surface area (TPSA) is 32.3 Å². The maximum Gasteiger partial charge on any atom is 0.0847 e. The molecule has 2 nitrogen and oxygen atoms in total. The Morgan fingerprint density at radius 3 is 2.79 bits per heavy atom. The average molecular weight is 234 g/mol. The molecule has 2 N–H and O–H groups in total. The predicted octanol–water partition coefficient (Wildman–Crippen LogP) is 2.66. The molecule has 0 saturated carbocycles. The molecular formula is C10H13Cl2NO. The summed E-state index contributed by atoms with van der Waals surface area (Å²) >= 11 is 11.4. The van der Waals surface area contributed by atoms with E-state index >= 15 is 0 Å². The third-order valence-corrected chi connectivity index (χ3v) is 2.50. The second kappa shape index (κ2) is 5.44. The SMILES string of the molecule is Cc1ccc(NCC(O)CCl)c(Cl)c1. The number of hydrogen-bond donors (Lipinski definition) is 2. The van der Waals surface area contributed by atoms with Crippen LogP contribution in [0.25, 0.3) is 0 Å². The van der Waals surface area contributed by atoms with Crippen molar-refractivity contribution in [2.45, 2.75) is 13.0 Å². The van der Waals surface area contributed by atoms with Gasteiger partial charge in [-0.05, 0) is 24.6 Å². The van der Waals surface area contributed by atoms with Gasteiger partial charge in [-0.3, -0.25) is 0 Å². The molecule has 78 valence electrons. The molecule has 0 amide bonds. The van der Waals surface area contributed by atoms with Crippen molar-refractivity contribution >= 4 is 28.9 Å². The summed E-state index contributed by atoms with van der Waals surface area (Å²) in [4.78, 5) is 0. The molecule has 0 bridgehead atoms. The van der Waals surface area contributed by atoms with Gasteiger partial charge in [0.25, 0.3) is 0 Å². The van der Waals surface area contributed by atoms with Crippen molar-refractivity contribution in [2.75, 3.05) is 17.7 Å². The van der Waals surface area contributed by atoms with E-state index in [1.165, 1.54) is 0 Å². The van der Waals surface area contributed by atoms with E-state index in [2.05, 4.69) is 5.32 Å². The van der Waals surface area contributed by atoms with Gasteiger partial charge < -0.3 is 10.4 Å². The van der Waals surface area contributed by atoms with Gasteiger partial charge in [0, 0.05) is 6.54 Å². The highest BCUT2D eigenvalue weighted by Crippen LogP contribution is 2.22. The van der Waals surface area contributed by atoms with Crippen molar-refractivity contribution in [2.24, 2.45) is 0 Å². The Kier molecular flexibility index (Phi) is 4.52. The van der Waals surface area contributed by atoms with Crippen LogP contribution in [0.3, 0.4) is 0 Å². The maximum atomic E-state index is 9.23. The van der Waals surface area contributed by atoms with Gasteiger partial charge in [-0.1, -0.05) is 17.7 Å². The van der Waals surface area contributed by atoms with Crippen LogP contribution in [0.4, 0.5) is 5.69 Å². The van der Waals surface area contributed by atoms with Gasteiger partial charge in [-0.2, -0.15) is 0 Å². The van der Waals surface area contributed by atoms with Crippen LogP contribution in [0.2, 0.25) is 5.02 Å². The summed E-state index contributed by atoms with van der Waals surface area (Å²) in [6.45, 7) is 2.38. The van der Waals surface area contributed by atoms with Gasteiger partial charge >= 0.3 is 0 Å². The molecule has 1 unspecified atom stereocenters. The summed E-state index contributed by atoms with van der Waals surface area (Å²) in [6.07, 6.45) is -0.547. The first kappa shape index (κ1) is 11.6. The lowest BCUT2D eigenvalue weighted by Gasteiger charge is -2.11. The smallest absolute Gasteiger partial charge is 0.0847 e. The quantitative estimate of drug-likeness (QED) is 0.785. The Morgan fingerprint density at radius 2 is 2.21 bits per heavy atom. The number of benzene rings is 1. The van der Waals surface area contributed by atoms with Gasteiger partial charge in [0.05, 0.1) is 22.7 Å². The molecule has 1 rings (SSSR count). The first-order chi connectivity index (χ1) is 6.63. The molecule has 1 aromatic rings. The molecule has 1 aromatic carbocycles. The highest BCUT2D eigenvalue weighted by Gasteiger charge is 2.03. The minimum absolute atomic E-state index is 0.219. The largest absolute Gasteiger partial charge is 0.390 e. The zero-order valence-corrected chi connectivity index (χ0v) is 9.44. The first-order valence-electron chi connectivity index (χ1n) is 4.37. The number of aryl methyl sites for hydroxylation is 1. The monoisotopic (exact) mass is 233 g/mol. The molecule has 0 aromatic heterocycles. The van der Waals surface area contributed by atoms with Crippen LogP contribution in [0.5, 0.6) is 0 Å². The summed E-state index contributed by atoms with van der Waals surface area (Å²) in [5.41, 5.74) is 1.93. The molecule has 4 heteroatoms. The number of aliphatic hydroxyl groups is 1. The first-order valence-corrected chi connectivity index (χ1v) is 5.29. The minimum Gasteiger partial charge on any atom is -0.390 e. The van der Waals surface area contributed by atoms with Crippen molar-refractivity contribution in [3.63, 3.8) is 0 Å². The van der Waals surface area contributed by atoms with Gasteiger partial charge in [0.1, 0.15) is 0 Å². The lowest BCUT2D eigenvalue weighted by atomic mass is 10.2. The summed E-state index contributed by atoms with van der Waals surface area (Å²) in [5, 5.41) is 12.9. The Morgan fingerprint density at radius 1 is 1.50 bits per heavy atom. The van der Waals surface area contributed by atoms with E-state index in [1.807, 2.05) is 25.1 Å². The number of alkyl halides is 1. The number of anilines is 1. The molecule has 0 spiro atoms. The molecule has 0 aliphatic carbocycles. The summed E-state index contributed by atoms with van der Waals surface area (Å²) in [7, 11) is 0. The van der Waals surface area contributed by atoms with E-state index in [1.54, 1.807) is 0 Å². The fourth-order valence-electron chi connectivity index (χ4n) is 1.05. The molecule has 0 heterocycles. The highest BCUT2D eigenvalue weighted by molar-refractivity contribution is 6.33. The zero-order chi connectivity index (χ0) is 10.6. The number of hydrogen-bond acceptors (Lipinski definition) is 2. The number of rotatable bonds is 4. The molecule has 0 saturated heterocycles. The second-order valence-electron chi connectivity index (χ2n) is 3.17. The van der Waals surface area contributed by atoms with E-state index in [-0.39, 0.29) is 5.88 Å². The van der Waals surface area contributed by atoms with Crippen LogP contribution in [-0.2, 0) is 0 Å². The van der Waals surface area contributed by atoms with Crippen molar-refractivity contribution < 1.29 is 5.11 Å². The third kappa shape index (κ3) is 3.37. The highest BCUT2D eigenvalue weighted by atomic mass is 35.5. The zero-order valence-electron chi connectivity index (χ0n) is 7.93. The van der Waals surface area contributed by atoms with Crippen LogP contribution >= 0.6 is 23.2 Å². The van der Waals surface area contributed by atoms with Crippen LogP contribution in [0, 0.1) is 6.92 Å². The van der Waals surface area contributed by atoms with Crippen LogP contribution in [-0.4, -0.2) is 23.6 Å². The fourth-order valence-corrected chi connectivity index (χ4v) is 1.46. The Bertz CT molecular complexity index is 304. The van der Waals surface area contributed by atoms with E-state index in [9.17, 15) is 5.11 Å². The van der Waals surface area contributed by atoms with Crippen molar-refractivity contribution in [3.05, 3.63) is 28.8 Å². The Labute approximate surface area is 93.8 Å².